The zero-order chi connectivity index (χ0) is 11.9. The number of hydrogen-bond donors (Lipinski definition) is 1. The van der Waals surface area contributed by atoms with Crippen molar-refractivity contribution in [3.8, 4) is 0 Å². The molecule has 0 radical (unpaired) electrons. The number of fused-ring (bicyclic) bond motifs is 2. The second-order valence-corrected chi connectivity index (χ2v) is 6.81. The van der Waals surface area contributed by atoms with Crippen LogP contribution in [-0.2, 0) is 6.54 Å². The van der Waals surface area contributed by atoms with E-state index in [1.54, 1.807) is 12.8 Å². The Bertz CT molecular complexity index is 417. The second-order valence-electron chi connectivity index (χ2n) is 6.81. The lowest BCUT2D eigenvalue weighted by molar-refractivity contribution is 0.136. The molecule has 3 bridgehead atoms. The van der Waals surface area contributed by atoms with E-state index in [1.165, 1.54) is 24.8 Å². The van der Waals surface area contributed by atoms with Gasteiger partial charge in [0.2, 0.25) is 0 Å². The Balaban J connectivity index is 0.00000110. The molecule has 4 rings (SSSR count). The number of rotatable bonds is 3. The van der Waals surface area contributed by atoms with E-state index >= 15 is 0 Å². The van der Waals surface area contributed by atoms with Crippen LogP contribution in [0, 0.1) is 23.7 Å². The van der Waals surface area contributed by atoms with E-state index in [2.05, 4.69) is 35.6 Å². The molecule has 19 heavy (non-hydrogen) atoms. The van der Waals surface area contributed by atoms with Crippen molar-refractivity contribution in [1.29, 1.82) is 0 Å². The fourth-order valence-corrected chi connectivity index (χ4v) is 5.03. The number of hydrogen-bond acceptors (Lipinski definition) is 1. The Labute approximate surface area is 122 Å². The van der Waals surface area contributed by atoms with E-state index < -0.39 is 0 Å². The second kappa shape index (κ2) is 5.46. The summed E-state index contributed by atoms with van der Waals surface area (Å²) in [6.07, 6.45) is 7.60. The molecule has 3 aliphatic rings. The molecule has 5 unspecified atom stereocenters. The lowest BCUT2D eigenvalue weighted by Gasteiger charge is -2.40. The smallest absolute Gasteiger partial charge is 0.0208 e. The predicted molar refractivity (Wildman–Crippen MR) is 81.4 cm³/mol. The molecule has 0 aromatic heterocycles. The Kier molecular flexibility index (Phi) is 3.86. The van der Waals surface area contributed by atoms with Gasteiger partial charge in [0.15, 0.2) is 0 Å². The molecule has 3 fully saturated rings. The Hall–Kier alpha value is -0.530. The van der Waals surface area contributed by atoms with Gasteiger partial charge < -0.3 is 5.32 Å². The van der Waals surface area contributed by atoms with Gasteiger partial charge >= 0.3 is 0 Å². The molecule has 5 atom stereocenters. The van der Waals surface area contributed by atoms with Gasteiger partial charge in [-0.1, -0.05) is 30.3 Å². The first-order valence-corrected chi connectivity index (χ1v) is 7.66. The minimum Gasteiger partial charge on any atom is -0.310 e. The van der Waals surface area contributed by atoms with Crippen LogP contribution in [0.15, 0.2) is 30.3 Å². The van der Waals surface area contributed by atoms with Gasteiger partial charge in [0.05, 0.1) is 0 Å². The molecule has 1 aromatic carbocycles. The summed E-state index contributed by atoms with van der Waals surface area (Å²) in [6, 6.07) is 11.7. The van der Waals surface area contributed by atoms with Crippen LogP contribution in [-0.4, -0.2) is 6.04 Å². The highest BCUT2D eigenvalue weighted by molar-refractivity contribution is 5.85. The molecule has 1 aromatic rings. The molecule has 1 N–H and O–H groups in total. The van der Waals surface area contributed by atoms with Crippen molar-refractivity contribution in [3.05, 3.63) is 35.9 Å². The normalized spacial score (nSPS) is 39.1. The Morgan fingerprint density at radius 1 is 0.895 bits per heavy atom. The topological polar surface area (TPSA) is 12.0 Å². The molecule has 0 heterocycles. The third kappa shape index (κ3) is 2.55. The van der Waals surface area contributed by atoms with Crippen LogP contribution >= 0.6 is 12.4 Å². The summed E-state index contributed by atoms with van der Waals surface area (Å²) >= 11 is 0. The lowest BCUT2D eigenvalue weighted by Crippen LogP contribution is -2.42. The minimum absolute atomic E-state index is 0. The van der Waals surface area contributed by atoms with Crippen molar-refractivity contribution < 1.29 is 0 Å². The SMILES string of the molecule is Cl.c1ccc(CNC2CC3CC4CC(C3)C2C4)cc1. The van der Waals surface area contributed by atoms with E-state index in [0.29, 0.717) is 0 Å². The molecule has 0 amide bonds. The average Bonchev–Trinajstić information content (AvgIpc) is 2.63. The maximum absolute atomic E-state index is 3.87. The van der Waals surface area contributed by atoms with Gasteiger partial charge in [-0.2, -0.15) is 0 Å². The molecule has 0 aliphatic heterocycles. The van der Waals surface area contributed by atoms with Gasteiger partial charge in [0.1, 0.15) is 0 Å². The highest BCUT2D eigenvalue weighted by Crippen LogP contribution is 2.55. The van der Waals surface area contributed by atoms with Gasteiger partial charge in [0, 0.05) is 12.6 Å². The highest BCUT2D eigenvalue weighted by atomic mass is 35.5. The highest BCUT2D eigenvalue weighted by Gasteiger charge is 2.48. The fraction of sp³-hybridized carbons (Fsp3) is 0.647. The van der Waals surface area contributed by atoms with Gasteiger partial charge in [-0.3, -0.25) is 0 Å². The van der Waals surface area contributed by atoms with Gasteiger partial charge in [0.25, 0.3) is 0 Å². The molecule has 0 spiro atoms. The fourth-order valence-electron chi connectivity index (χ4n) is 5.03. The summed E-state index contributed by atoms with van der Waals surface area (Å²) < 4.78 is 0. The standard InChI is InChI=1S/C17H23N.ClH/c1-2-4-12(5-3-1)11-18-17-10-14-6-13-7-15(8-14)16(17)9-13;/h1-5,13-18H,6-11H2;1H. The summed E-state index contributed by atoms with van der Waals surface area (Å²) in [5, 5.41) is 3.87. The zero-order valence-electron chi connectivity index (χ0n) is 11.4. The Morgan fingerprint density at radius 3 is 2.42 bits per heavy atom. The summed E-state index contributed by atoms with van der Waals surface area (Å²) in [5.41, 5.74) is 1.44. The van der Waals surface area contributed by atoms with Crippen molar-refractivity contribution in [2.45, 2.75) is 44.7 Å². The van der Waals surface area contributed by atoms with Gasteiger partial charge in [-0.15, -0.1) is 12.4 Å². The molecular weight excluding hydrogens is 254 g/mol. The van der Waals surface area contributed by atoms with Gasteiger partial charge in [-0.25, -0.2) is 0 Å². The first kappa shape index (κ1) is 13.5. The third-order valence-electron chi connectivity index (χ3n) is 5.67. The summed E-state index contributed by atoms with van der Waals surface area (Å²) in [4.78, 5) is 0. The predicted octanol–water partition coefficient (Wildman–Crippen LogP) is 4.02. The van der Waals surface area contributed by atoms with Crippen molar-refractivity contribution in [2.24, 2.45) is 23.7 Å². The molecule has 3 aliphatic carbocycles. The molecule has 0 saturated heterocycles. The monoisotopic (exact) mass is 277 g/mol. The van der Waals surface area contributed by atoms with E-state index in [4.69, 9.17) is 0 Å². The van der Waals surface area contributed by atoms with E-state index in [1.807, 2.05) is 0 Å². The van der Waals surface area contributed by atoms with Crippen LogP contribution in [0.2, 0.25) is 0 Å². The van der Waals surface area contributed by atoms with Crippen LogP contribution in [0.3, 0.4) is 0 Å². The summed E-state index contributed by atoms with van der Waals surface area (Å²) in [6.45, 7) is 1.06. The van der Waals surface area contributed by atoms with E-state index in [9.17, 15) is 0 Å². The molecule has 2 heteroatoms. The van der Waals surface area contributed by atoms with Crippen molar-refractivity contribution in [3.63, 3.8) is 0 Å². The Morgan fingerprint density at radius 2 is 1.63 bits per heavy atom. The summed E-state index contributed by atoms with van der Waals surface area (Å²) in [7, 11) is 0. The molecule has 3 saturated carbocycles. The van der Waals surface area contributed by atoms with Crippen LogP contribution in [0.5, 0.6) is 0 Å². The van der Waals surface area contributed by atoms with Crippen molar-refractivity contribution in [2.75, 3.05) is 0 Å². The molecule has 104 valence electrons. The van der Waals surface area contributed by atoms with Crippen LogP contribution in [0.4, 0.5) is 0 Å². The quantitative estimate of drug-likeness (QED) is 0.880. The maximum Gasteiger partial charge on any atom is 0.0208 e. The van der Waals surface area contributed by atoms with Crippen LogP contribution in [0.1, 0.15) is 37.7 Å². The van der Waals surface area contributed by atoms with Gasteiger partial charge in [-0.05, 0) is 61.3 Å². The minimum atomic E-state index is 0. The first-order chi connectivity index (χ1) is 8.88. The zero-order valence-corrected chi connectivity index (χ0v) is 12.2. The van der Waals surface area contributed by atoms with Crippen LogP contribution in [0.25, 0.3) is 0 Å². The maximum atomic E-state index is 3.87. The van der Waals surface area contributed by atoms with Crippen molar-refractivity contribution >= 4 is 12.4 Å². The van der Waals surface area contributed by atoms with E-state index in [-0.39, 0.29) is 12.4 Å². The average molecular weight is 278 g/mol. The molecular formula is C17H24ClN. The lowest BCUT2D eigenvalue weighted by atomic mass is 9.70. The largest absolute Gasteiger partial charge is 0.310 e. The first-order valence-electron chi connectivity index (χ1n) is 7.66. The number of nitrogens with one attached hydrogen (secondary N) is 1. The summed E-state index contributed by atoms with van der Waals surface area (Å²) in [5.74, 6) is 4.19. The molecule has 1 nitrogen and oxygen atoms in total. The van der Waals surface area contributed by atoms with Crippen molar-refractivity contribution in [1.82, 2.24) is 5.32 Å². The number of benzene rings is 1. The van der Waals surface area contributed by atoms with E-state index in [0.717, 1.165) is 36.3 Å². The van der Waals surface area contributed by atoms with Crippen LogP contribution < -0.4 is 5.32 Å². The third-order valence-corrected chi connectivity index (χ3v) is 5.67. The number of halogens is 1.